The van der Waals surface area contributed by atoms with Crippen molar-refractivity contribution in [2.75, 3.05) is 40.0 Å². The number of benzene rings is 2. The molecule has 0 atom stereocenters. The molecule has 39 heavy (non-hydrogen) atoms. The number of hydrogen-bond donors (Lipinski definition) is 1. The Morgan fingerprint density at radius 1 is 1.18 bits per heavy atom. The molecule has 0 bridgehead atoms. The summed E-state index contributed by atoms with van der Waals surface area (Å²) in [7, 11) is -2.66. The molecule has 1 aromatic heterocycles. The Morgan fingerprint density at radius 2 is 1.87 bits per heavy atom. The van der Waals surface area contributed by atoms with Gasteiger partial charge in [0.2, 0.25) is 15.9 Å². The number of sulfonamides is 1. The number of aromatic nitrogens is 2. The van der Waals surface area contributed by atoms with Gasteiger partial charge in [0.15, 0.2) is 5.69 Å². The van der Waals surface area contributed by atoms with Crippen LogP contribution in [0.15, 0.2) is 47.4 Å². The van der Waals surface area contributed by atoms with Crippen molar-refractivity contribution >= 4 is 21.6 Å². The predicted octanol–water partition coefficient (Wildman–Crippen LogP) is 3.05. The number of hydrogen-bond acceptors (Lipinski definition) is 9. The van der Waals surface area contributed by atoms with Crippen molar-refractivity contribution in [1.29, 1.82) is 0 Å². The number of ether oxygens (including phenoxy) is 3. The second-order valence-corrected chi connectivity index (χ2v) is 10.6. The van der Waals surface area contributed by atoms with Crippen LogP contribution < -0.4 is 14.8 Å². The summed E-state index contributed by atoms with van der Waals surface area (Å²) in [6.45, 7) is 4.57. The first-order valence-corrected chi connectivity index (χ1v) is 13.7. The quantitative estimate of drug-likeness (QED) is 0.291. The van der Waals surface area contributed by atoms with Crippen LogP contribution in [0.4, 0.5) is 5.69 Å². The number of rotatable bonds is 10. The predicted molar refractivity (Wildman–Crippen MR) is 140 cm³/mol. The van der Waals surface area contributed by atoms with Gasteiger partial charge in [0, 0.05) is 37.3 Å². The van der Waals surface area contributed by atoms with Gasteiger partial charge in [-0.05, 0) is 43.7 Å². The molecule has 0 aliphatic carbocycles. The van der Waals surface area contributed by atoms with Gasteiger partial charge in [-0.1, -0.05) is 6.92 Å². The lowest BCUT2D eigenvalue weighted by Gasteiger charge is -2.26. The van der Waals surface area contributed by atoms with E-state index in [-0.39, 0.29) is 48.5 Å². The SMILES string of the molecule is CCCNC(=O)c1nn(-c2ccc(OC)cc2)c(Oc2ccc([N+](=O)[O-])cc2S(=O)(=O)N2CCOCC2)c1C. The van der Waals surface area contributed by atoms with Crippen molar-refractivity contribution in [3.63, 3.8) is 0 Å². The van der Waals surface area contributed by atoms with Crippen molar-refractivity contribution in [2.45, 2.75) is 25.2 Å². The van der Waals surface area contributed by atoms with Crippen LogP contribution >= 0.6 is 0 Å². The molecule has 3 aromatic rings. The molecule has 13 nitrogen and oxygen atoms in total. The number of nitro benzene ring substituents is 1. The molecule has 0 saturated carbocycles. The summed E-state index contributed by atoms with van der Waals surface area (Å²) < 4.78 is 46.4. The van der Waals surface area contributed by atoms with Crippen LogP contribution in [0.2, 0.25) is 0 Å². The number of non-ortho nitro benzene ring substituents is 1. The second-order valence-electron chi connectivity index (χ2n) is 8.65. The minimum atomic E-state index is -4.19. The van der Waals surface area contributed by atoms with E-state index >= 15 is 0 Å². The van der Waals surface area contributed by atoms with Crippen LogP contribution in [0.5, 0.6) is 17.4 Å². The molecule has 0 spiro atoms. The number of nitrogens with zero attached hydrogens (tertiary/aromatic N) is 4. The normalized spacial score (nSPS) is 14.1. The minimum absolute atomic E-state index is 0.0779. The van der Waals surface area contributed by atoms with E-state index in [0.717, 1.165) is 18.6 Å². The number of amides is 1. The first-order chi connectivity index (χ1) is 18.7. The summed E-state index contributed by atoms with van der Waals surface area (Å²) in [4.78, 5) is 23.3. The first kappa shape index (κ1) is 28.0. The Bertz CT molecular complexity index is 1460. The third kappa shape index (κ3) is 5.87. The number of carbonyl (C=O) groups is 1. The molecule has 1 N–H and O–H groups in total. The maximum absolute atomic E-state index is 13.6. The monoisotopic (exact) mass is 559 g/mol. The smallest absolute Gasteiger partial charge is 0.272 e. The van der Waals surface area contributed by atoms with E-state index in [9.17, 15) is 23.3 Å². The second kappa shape index (κ2) is 11.8. The highest BCUT2D eigenvalue weighted by molar-refractivity contribution is 7.89. The van der Waals surface area contributed by atoms with Gasteiger partial charge in [0.25, 0.3) is 11.6 Å². The Kier molecular flexibility index (Phi) is 8.47. The molecule has 1 aliphatic rings. The highest BCUT2D eigenvalue weighted by atomic mass is 32.2. The summed E-state index contributed by atoms with van der Waals surface area (Å²) in [5.41, 5.74) is 0.554. The van der Waals surface area contributed by atoms with Crippen molar-refractivity contribution in [2.24, 2.45) is 0 Å². The third-order valence-electron chi connectivity index (χ3n) is 6.07. The van der Waals surface area contributed by atoms with E-state index in [1.54, 1.807) is 31.2 Å². The van der Waals surface area contributed by atoms with Gasteiger partial charge in [0.1, 0.15) is 16.4 Å². The molecule has 1 saturated heterocycles. The van der Waals surface area contributed by atoms with Crippen LogP contribution in [0.1, 0.15) is 29.4 Å². The summed E-state index contributed by atoms with van der Waals surface area (Å²) >= 11 is 0. The molecule has 4 rings (SSSR count). The average Bonchev–Trinajstić information content (AvgIpc) is 3.27. The van der Waals surface area contributed by atoms with Gasteiger partial charge in [-0.25, -0.2) is 8.42 Å². The zero-order chi connectivity index (χ0) is 28.2. The molecule has 1 amide bonds. The van der Waals surface area contributed by atoms with E-state index in [4.69, 9.17) is 14.2 Å². The molecular weight excluding hydrogens is 530 g/mol. The Morgan fingerprint density at radius 3 is 2.49 bits per heavy atom. The van der Waals surface area contributed by atoms with Gasteiger partial charge in [0.05, 0.1) is 30.9 Å². The Hall–Kier alpha value is -4.01. The van der Waals surface area contributed by atoms with Crippen molar-refractivity contribution in [3.8, 4) is 23.1 Å². The lowest BCUT2D eigenvalue weighted by molar-refractivity contribution is -0.385. The first-order valence-electron chi connectivity index (χ1n) is 12.2. The summed E-state index contributed by atoms with van der Waals surface area (Å²) in [5.74, 6) is 0.107. The summed E-state index contributed by atoms with van der Waals surface area (Å²) in [6.07, 6.45) is 0.721. The summed E-state index contributed by atoms with van der Waals surface area (Å²) in [5, 5.41) is 18.8. The van der Waals surface area contributed by atoms with Gasteiger partial charge in [-0.15, -0.1) is 0 Å². The molecule has 208 valence electrons. The van der Waals surface area contributed by atoms with E-state index in [1.807, 2.05) is 6.92 Å². The number of carbonyl (C=O) groups excluding carboxylic acids is 1. The molecule has 2 heterocycles. The van der Waals surface area contributed by atoms with E-state index in [0.29, 0.717) is 23.5 Å². The van der Waals surface area contributed by atoms with Crippen molar-refractivity contribution in [1.82, 2.24) is 19.4 Å². The third-order valence-corrected chi connectivity index (χ3v) is 7.99. The van der Waals surface area contributed by atoms with Crippen LogP contribution in [0.25, 0.3) is 5.69 Å². The Labute approximate surface area is 225 Å². The maximum Gasteiger partial charge on any atom is 0.272 e. The van der Waals surface area contributed by atoms with Gasteiger partial charge >= 0.3 is 0 Å². The number of nitro groups is 1. The fourth-order valence-electron chi connectivity index (χ4n) is 3.96. The zero-order valence-corrected chi connectivity index (χ0v) is 22.6. The number of methoxy groups -OCH3 is 1. The maximum atomic E-state index is 13.6. The highest BCUT2D eigenvalue weighted by Crippen LogP contribution is 2.37. The molecule has 2 aromatic carbocycles. The lowest BCUT2D eigenvalue weighted by atomic mass is 10.2. The van der Waals surface area contributed by atoms with Gasteiger partial charge in [-0.2, -0.15) is 14.1 Å². The molecular formula is C25H29N5O8S. The van der Waals surface area contributed by atoms with Crippen LogP contribution in [-0.4, -0.2) is 73.3 Å². The standard InChI is InChI=1S/C25H29N5O8S/c1-4-11-26-24(31)23-17(2)25(29(27-23)18-5-8-20(36-3)9-6-18)38-21-10-7-19(30(32)33)16-22(21)39(34,35)28-12-14-37-15-13-28/h5-10,16H,4,11-15H2,1-3H3,(H,26,31). The zero-order valence-electron chi connectivity index (χ0n) is 21.7. The fraction of sp³-hybridized carbons (Fsp3) is 0.360. The Balaban J connectivity index is 1.85. The molecule has 1 aliphatic heterocycles. The van der Waals surface area contributed by atoms with Crippen molar-refractivity contribution < 1.29 is 32.3 Å². The van der Waals surface area contributed by atoms with E-state index in [2.05, 4.69) is 10.4 Å². The largest absolute Gasteiger partial charge is 0.497 e. The highest BCUT2D eigenvalue weighted by Gasteiger charge is 2.32. The average molecular weight is 560 g/mol. The minimum Gasteiger partial charge on any atom is -0.497 e. The molecule has 1 fully saturated rings. The van der Waals surface area contributed by atoms with E-state index < -0.39 is 26.5 Å². The lowest BCUT2D eigenvalue weighted by Crippen LogP contribution is -2.40. The fourth-order valence-corrected chi connectivity index (χ4v) is 5.50. The van der Waals surface area contributed by atoms with Crippen molar-refractivity contribution in [3.05, 3.63) is 63.8 Å². The van der Waals surface area contributed by atoms with Crippen LogP contribution in [0.3, 0.4) is 0 Å². The van der Waals surface area contributed by atoms with Gasteiger partial charge < -0.3 is 19.5 Å². The summed E-state index contributed by atoms with van der Waals surface area (Å²) in [6, 6.07) is 10.2. The van der Waals surface area contributed by atoms with Gasteiger partial charge in [-0.3, -0.25) is 14.9 Å². The molecule has 0 unspecified atom stereocenters. The van der Waals surface area contributed by atoms with Crippen LogP contribution in [-0.2, 0) is 14.8 Å². The topological polar surface area (TPSA) is 155 Å². The van der Waals surface area contributed by atoms with Crippen LogP contribution in [0, 0.1) is 17.0 Å². The van der Waals surface area contributed by atoms with E-state index in [1.165, 1.54) is 22.2 Å². The number of nitrogens with one attached hydrogen (secondary N) is 1. The molecule has 0 radical (unpaired) electrons. The molecule has 14 heteroatoms. The number of morpholine rings is 1.